The Hall–Kier alpha value is -1.73. The summed E-state index contributed by atoms with van der Waals surface area (Å²) in [6.07, 6.45) is 0. The molecule has 1 unspecified atom stereocenters. The molecule has 1 atom stereocenters. The summed E-state index contributed by atoms with van der Waals surface area (Å²) in [5.74, 6) is 6.47. The summed E-state index contributed by atoms with van der Waals surface area (Å²) < 4.78 is 1.37. The lowest BCUT2D eigenvalue weighted by molar-refractivity contribution is -0.120. The van der Waals surface area contributed by atoms with E-state index < -0.39 is 0 Å². The van der Waals surface area contributed by atoms with Crippen LogP contribution in [0.3, 0.4) is 0 Å². The molecule has 2 rings (SSSR count). The second-order valence-electron chi connectivity index (χ2n) is 5.11. The molecule has 3 N–H and O–H groups in total. The third kappa shape index (κ3) is 3.92. The van der Waals surface area contributed by atoms with Crippen molar-refractivity contribution in [3.8, 4) is 11.4 Å². The van der Waals surface area contributed by atoms with Crippen LogP contribution in [0, 0.1) is 0 Å². The molecule has 8 heteroatoms. The third-order valence-corrected chi connectivity index (χ3v) is 4.12. The maximum Gasteiger partial charge on any atom is 0.233 e. The number of halogens is 1. The van der Waals surface area contributed by atoms with Gasteiger partial charge in [-0.25, -0.2) is 4.68 Å². The van der Waals surface area contributed by atoms with Crippen LogP contribution in [0.4, 0.5) is 0 Å². The zero-order valence-electron chi connectivity index (χ0n) is 12.6. The number of nitrogens with zero attached hydrogens (tertiary/aromatic N) is 3. The summed E-state index contributed by atoms with van der Waals surface area (Å²) in [6, 6.07) is 7.29. The van der Waals surface area contributed by atoms with Crippen LogP contribution in [0.5, 0.6) is 0 Å². The van der Waals surface area contributed by atoms with Gasteiger partial charge >= 0.3 is 0 Å². The Balaban J connectivity index is 2.16. The van der Waals surface area contributed by atoms with Crippen LogP contribution in [0.2, 0.25) is 5.02 Å². The number of amides is 1. The van der Waals surface area contributed by atoms with Crippen molar-refractivity contribution in [3.63, 3.8) is 0 Å². The lowest BCUT2D eigenvalue weighted by atomic mass is 10.2. The van der Waals surface area contributed by atoms with E-state index in [-0.39, 0.29) is 17.2 Å². The number of carbonyl (C=O) groups is 1. The topological polar surface area (TPSA) is 85.8 Å². The van der Waals surface area contributed by atoms with Gasteiger partial charge in [0.2, 0.25) is 11.1 Å². The second kappa shape index (κ2) is 7.02. The number of nitrogen functional groups attached to an aromatic ring is 1. The second-order valence-corrected chi connectivity index (χ2v) is 6.85. The summed E-state index contributed by atoms with van der Waals surface area (Å²) in [7, 11) is 0. The van der Waals surface area contributed by atoms with Crippen LogP contribution in [-0.2, 0) is 4.79 Å². The highest BCUT2D eigenvalue weighted by Crippen LogP contribution is 2.26. The number of thioether (sulfide) groups is 1. The van der Waals surface area contributed by atoms with Crippen LogP contribution in [0.25, 0.3) is 11.4 Å². The Labute approximate surface area is 138 Å². The minimum atomic E-state index is -0.318. The van der Waals surface area contributed by atoms with Crippen LogP contribution < -0.4 is 11.2 Å². The van der Waals surface area contributed by atoms with Crippen molar-refractivity contribution in [2.45, 2.75) is 37.2 Å². The van der Waals surface area contributed by atoms with Gasteiger partial charge in [0.15, 0.2) is 5.82 Å². The zero-order chi connectivity index (χ0) is 16.3. The molecule has 0 bridgehead atoms. The zero-order valence-corrected chi connectivity index (χ0v) is 14.1. The van der Waals surface area contributed by atoms with E-state index >= 15 is 0 Å². The maximum absolute atomic E-state index is 11.9. The number of nitrogens with two attached hydrogens (primary N) is 1. The van der Waals surface area contributed by atoms with E-state index in [1.54, 1.807) is 19.1 Å². The molecule has 118 valence electrons. The van der Waals surface area contributed by atoms with Crippen molar-refractivity contribution >= 4 is 29.3 Å². The number of hydrogen-bond donors (Lipinski definition) is 2. The quantitative estimate of drug-likeness (QED) is 0.645. The fourth-order valence-corrected chi connectivity index (χ4v) is 2.76. The Morgan fingerprint density at radius 2 is 2.09 bits per heavy atom. The van der Waals surface area contributed by atoms with Crippen LogP contribution in [0.15, 0.2) is 29.4 Å². The van der Waals surface area contributed by atoms with Crippen molar-refractivity contribution < 1.29 is 4.79 Å². The molecule has 6 nitrogen and oxygen atoms in total. The highest BCUT2D eigenvalue weighted by Gasteiger charge is 2.20. The molecular formula is C14H18ClN5OS. The average molecular weight is 340 g/mol. The van der Waals surface area contributed by atoms with Crippen LogP contribution >= 0.6 is 23.4 Å². The van der Waals surface area contributed by atoms with Gasteiger partial charge in [-0.1, -0.05) is 35.5 Å². The highest BCUT2D eigenvalue weighted by molar-refractivity contribution is 8.00. The molecular weight excluding hydrogens is 322 g/mol. The molecule has 0 radical (unpaired) electrons. The summed E-state index contributed by atoms with van der Waals surface area (Å²) >= 11 is 7.23. The number of hydrogen-bond acceptors (Lipinski definition) is 5. The van der Waals surface area contributed by atoms with Gasteiger partial charge in [-0.15, -0.1) is 10.2 Å². The number of nitrogens with one attached hydrogen (secondary N) is 1. The molecule has 0 aliphatic rings. The van der Waals surface area contributed by atoms with Gasteiger partial charge in [0, 0.05) is 16.6 Å². The fraction of sp³-hybridized carbons (Fsp3) is 0.357. The fourth-order valence-electron chi connectivity index (χ4n) is 1.80. The van der Waals surface area contributed by atoms with Gasteiger partial charge in [0.25, 0.3) is 0 Å². The average Bonchev–Trinajstić information content (AvgIpc) is 2.79. The van der Waals surface area contributed by atoms with E-state index in [0.29, 0.717) is 16.0 Å². The monoisotopic (exact) mass is 339 g/mol. The first-order chi connectivity index (χ1) is 10.4. The first-order valence-corrected chi connectivity index (χ1v) is 8.07. The summed E-state index contributed by atoms with van der Waals surface area (Å²) in [5, 5.41) is 11.7. The standard InChI is InChI=1S/C14H18ClN5OS/c1-8(2)17-13(21)9(3)22-14-19-18-12(20(14)16)10-5-4-6-11(15)7-10/h4-9H,16H2,1-3H3,(H,17,21). The molecule has 1 aromatic carbocycles. The molecule has 2 aromatic rings. The smallest absolute Gasteiger partial charge is 0.233 e. The summed E-state index contributed by atoms with van der Waals surface area (Å²) in [6.45, 7) is 5.63. The van der Waals surface area contributed by atoms with Crippen molar-refractivity contribution in [1.29, 1.82) is 0 Å². The van der Waals surface area contributed by atoms with Crippen molar-refractivity contribution in [2.24, 2.45) is 0 Å². The number of benzene rings is 1. The molecule has 0 aliphatic carbocycles. The first kappa shape index (κ1) is 16.6. The van der Waals surface area contributed by atoms with Gasteiger partial charge in [-0.2, -0.15) is 0 Å². The van der Waals surface area contributed by atoms with E-state index in [0.717, 1.165) is 5.56 Å². The Kier molecular flexibility index (Phi) is 5.31. The summed E-state index contributed by atoms with van der Waals surface area (Å²) in [4.78, 5) is 11.9. The van der Waals surface area contributed by atoms with Gasteiger partial charge < -0.3 is 11.2 Å². The Bertz CT molecular complexity index is 673. The molecule has 0 fully saturated rings. The SMILES string of the molecule is CC(C)NC(=O)C(C)Sc1nnc(-c2cccc(Cl)c2)n1N. The minimum Gasteiger partial charge on any atom is -0.353 e. The minimum absolute atomic E-state index is 0.0627. The van der Waals surface area contributed by atoms with Crippen LogP contribution in [0.1, 0.15) is 20.8 Å². The molecule has 0 saturated heterocycles. The lowest BCUT2D eigenvalue weighted by Crippen LogP contribution is -2.36. The number of carbonyl (C=O) groups excluding carboxylic acids is 1. The van der Waals surface area contributed by atoms with Crippen molar-refractivity contribution in [2.75, 3.05) is 5.84 Å². The van der Waals surface area contributed by atoms with Gasteiger partial charge in [0.05, 0.1) is 5.25 Å². The van der Waals surface area contributed by atoms with Crippen molar-refractivity contribution in [1.82, 2.24) is 20.2 Å². The predicted molar refractivity (Wildman–Crippen MR) is 89.2 cm³/mol. The molecule has 0 saturated carbocycles. The van der Waals surface area contributed by atoms with Crippen molar-refractivity contribution in [3.05, 3.63) is 29.3 Å². The normalized spacial score (nSPS) is 12.4. The largest absolute Gasteiger partial charge is 0.353 e. The maximum atomic E-state index is 11.9. The molecule has 1 heterocycles. The molecule has 1 amide bonds. The first-order valence-electron chi connectivity index (χ1n) is 6.82. The number of aromatic nitrogens is 3. The molecule has 0 aliphatic heterocycles. The predicted octanol–water partition coefficient (Wildman–Crippen LogP) is 2.32. The number of rotatable bonds is 5. The molecule has 22 heavy (non-hydrogen) atoms. The third-order valence-electron chi connectivity index (χ3n) is 2.83. The van der Waals surface area contributed by atoms with Crippen LogP contribution in [-0.4, -0.2) is 32.1 Å². The van der Waals surface area contributed by atoms with Gasteiger partial charge in [-0.3, -0.25) is 4.79 Å². The summed E-state index contributed by atoms with van der Waals surface area (Å²) in [5.41, 5.74) is 0.772. The Morgan fingerprint density at radius 3 is 2.73 bits per heavy atom. The van der Waals surface area contributed by atoms with Gasteiger partial charge in [-0.05, 0) is 32.9 Å². The van der Waals surface area contributed by atoms with E-state index in [1.807, 2.05) is 26.0 Å². The lowest BCUT2D eigenvalue weighted by Gasteiger charge is -2.13. The van der Waals surface area contributed by atoms with E-state index in [1.165, 1.54) is 16.4 Å². The Morgan fingerprint density at radius 1 is 1.36 bits per heavy atom. The van der Waals surface area contributed by atoms with E-state index in [4.69, 9.17) is 17.4 Å². The van der Waals surface area contributed by atoms with E-state index in [2.05, 4.69) is 15.5 Å². The molecule has 0 spiro atoms. The van der Waals surface area contributed by atoms with Gasteiger partial charge in [0.1, 0.15) is 0 Å². The van der Waals surface area contributed by atoms with E-state index in [9.17, 15) is 4.79 Å². The molecule has 1 aromatic heterocycles. The highest BCUT2D eigenvalue weighted by atomic mass is 35.5.